The van der Waals surface area contributed by atoms with Crippen LogP contribution in [0.5, 0.6) is 0 Å². The summed E-state index contributed by atoms with van der Waals surface area (Å²) in [5.41, 5.74) is 10.3. The Hall–Kier alpha value is -1.53. The number of rotatable bonds is 0. The second kappa shape index (κ2) is 5.77. The number of amidine groups is 1. The molecule has 1 saturated carbocycles. The molecule has 1 saturated heterocycles. The van der Waals surface area contributed by atoms with E-state index < -0.39 is 0 Å². The highest BCUT2D eigenvalue weighted by atomic mass is 16.5. The molecule has 6 heteroatoms. The molecule has 2 fully saturated rings. The van der Waals surface area contributed by atoms with Crippen molar-refractivity contribution in [2.24, 2.45) is 16.6 Å². The van der Waals surface area contributed by atoms with Crippen molar-refractivity contribution in [2.75, 3.05) is 26.2 Å². The molecular formula is C18H27N5O. The summed E-state index contributed by atoms with van der Waals surface area (Å²) in [6.45, 7) is 4.06. The molecule has 0 amide bonds. The van der Waals surface area contributed by atoms with Crippen LogP contribution in [0.3, 0.4) is 0 Å². The van der Waals surface area contributed by atoms with Crippen LogP contribution in [-0.4, -0.2) is 49.3 Å². The standard InChI is InChI=1S/C18H27N5O/c19-18-21-16-12(17(22-18)23-9-7-20-8-10-23)5-6-14-15(16)11-3-1-2-4-13(11)24-14/h11,13,18,20-21H,1-10,19H2/t11-,13+,18?/m0/s1. The van der Waals surface area contributed by atoms with E-state index in [1.54, 1.807) is 0 Å². The van der Waals surface area contributed by atoms with E-state index in [1.165, 1.54) is 48.3 Å². The Morgan fingerprint density at radius 3 is 2.83 bits per heavy atom. The van der Waals surface area contributed by atoms with Gasteiger partial charge in [-0.25, -0.2) is 4.99 Å². The second-order valence-electron chi connectivity index (χ2n) is 7.52. The minimum atomic E-state index is -0.344. The van der Waals surface area contributed by atoms with Crippen LogP contribution < -0.4 is 16.4 Å². The Morgan fingerprint density at radius 1 is 1.12 bits per heavy atom. The molecule has 2 aliphatic carbocycles. The fraction of sp³-hybridized carbons (Fsp3) is 0.722. The molecule has 5 rings (SSSR count). The fourth-order valence-electron chi connectivity index (χ4n) is 4.99. The van der Waals surface area contributed by atoms with Gasteiger partial charge >= 0.3 is 0 Å². The summed E-state index contributed by atoms with van der Waals surface area (Å²) in [5, 5.41) is 6.90. The molecule has 0 aromatic heterocycles. The number of ether oxygens (including phenoxy) is 1. The van der Waals surface area contributed by atoms with E-state index in [0.717, 1.165) is 44.9 Å². The number of fused-ring (bicyclic) bond motifs is 3. The van der Waals surface area contributed by atoms with Gasteiger partial charge in [0.2, 0.25) is 0 Å². The average Bonchev–Trinajstić information content (AvgIpc) is 3.01. The van der Waals surface area contributed by atoms with Crippen LogP contribution in [0.1, 0.15) is 38.5 Å². The van der Waals surface area contributed by atoms with E-state index in [1.807, 2.05) is 0 Å². The summed E-state index contributed by atoms with van der Waals surface area (Å²) in [5.74, 6) is 2.91. The Bertz CT molecular complexity index is 631. The Labute approximate surface area is 143 Å². The lowest BCUT2D eigenvalue weighted by Crippen LogP contribution is -2.51. The number of nitrogens with one attached hydrogen (secondary N) is 2. The third-order valence-electron chi connectivity index (χ3n) is 6.08. The van der Waals surface area contributed by atoms with Gasteiger partial charge in [-0.2, -0.15) is 0 Å². The molecule has 1 unspecified atom stereocenters. The van der Waals surface area contributed by atoms with Crippen LogP contribution in [0.2, 0.25) is 0 Å². The van der Waals surface area contributed by atoms with Gasteiger partial charge in [0.1, 0.15) is 17.7 Å². The summed E-state index contributed by atoms with van der Waals surface area (Å²) >= 11 is 0. The summed E-state index contributed by atoms with van der Waals surface area (Å²) in [7, 11) is 0. The zero-order chi connectivity index (χ0) is 16.1. The molecular weight excluding hydrogens is 302 g/mol. The molecule has 0 spiro atoms. The minimum Gasteiger partial charge on any atom is -0.494 e. The molecule has 4 N–H and O–H groups in total. The number of nitrogens with two attached hydrogens (primary N) is 1. The second-order valence-corrected chi connectivity index (χ2v) is 7.52. The highest BCUT2D eigenvalue weighted by Gasteiger charge is 2.44. The fourth-order valence-corrected chi connectivity index (χ4v) is 4.99. The summed E-state index contributed by atoms with van der Waals surface area (Å²) in [6.07, 6.45) is 7.14. The molecule has 24 heavy (non-hydrogen) atoms. The van der Waals surface area contributed by atoms with Crippen molar-refractivity contribution >= 4 is 5.84 Å². The predicted molar refractivity (Wildman–Crippen MR) is 93.1 cm³/mol. The van der Waals surface area contributed by atoms with Gasteiger partial charge in [0.25, 0.3) is 0 Å². The summed E-state index contributed by atoms with van der Waals surface area (Å²) in [6, 6.07) is 0. The van der Waals surface area contributed by atoms with Gasteiger partial charge in [0.05, 0.1) is 5.70 Å². The van der Waals surface area contributed by atoms with Crippen molar-refractivity contribution in [3.8, 4) is 0 Å². The van der Waals surface area contributed by atoms with Gasteiger partial charge in [0, 0.05) is 49.7 Å². The molecule has 0 bridgehead atoms. The van der Waals surface area contributed by atoms with Gasteiger partial charge in [-0.15, -0.1) is 0 Å². The monoisotopic (exact) mass is 329 g/mol. The lowest BCUT2D eigenvalue weighted by Gasteiger charge is -2.38. The molecule has 3 aliphatic heterocycles. The molecule has 3 heterocycles. The van der Waals surface area contributed by atoms with Crippen LogP contribution >= 0.6 is 0 Å². The van der Waals surface area contributed by atoms with Crippen LogP contribution in [0.15, 0.2) is 27.6 Å². The Morgan fingerprint density at radius 2 is 1.96 bits per heavy atom. The molecule has 0 aromatic rings. The SMILES string of the molecule is NC1N=C(N2CCNCC2)C2=C(N1)C1=C(CC2)O[C@@H]2CCCC[C@H]12. The number of allylic oxidation sites excluding steroid dienone is 2. The zero-order valence-corrected chi connectivity index (χ0v) is 14.2. The third kappa shape index (κ3) is 2.27. The van der Waals surface area contributed by atoms with Crippen LogP contribution in [0, 0.1) is 5.92 Å². The average molecular weight is 329 g/mol. The van der Waals surface area contributed by atoms with Crippen molar-refractivity contribution in [1.82, 2.24) is 15.5 Å². The zero-order valence-electron chi connectivity index (χ0n) is 14.2. The number of hydrogen-bond acceptors (Lipinski definition) is 6. The number of hydrogen-bond donors (Lipinski definition) is 3. The lowest BCUT2D eigenvalue weighted by molar-refractivity contribution is 0.0783. The van der Waals surface area contributed by atoms with Gasteiger partial charge in [-0.1, -0.05) is 6.42 Å². The normalized spacial score (nSPS) is 35.6. The van der Waals surface area contributed by atoms with Crippen molar-refractivity contribution in [3.05, 3.63) is 22.6 Å². The third-order valence-corrected chi connectivity index (χ3v) is 6.08. The summed E-state index contributed by atoms with van der Waals surface area (Å²) in [4.78, 5) is 7.18. The molecule has 3 atom stereocenters. The first-order valence-electron chi connectivity index (χ1n) is 9.50. The molecule has 6 nitrogen and oxygen atoms in total. The maximum Gasteiger partial charge on any atom is 0.173 e. The Kier molecular flexibility index (Phi) is 3.56. The molecule has 0 aromatic carbocycles. The van der Waals surface area contributed by atoms with Crippen molar-refractivity contribution in [1.29, 1.82) is 0 Å². The van der Waals surface area contributed by atoms with Crippen LogP contribution in [0.4, 0.5) is 0 Å². The van der Waals surface area contributed by atoms with Crippen molar-refractivity contribution in [3.63, 3.8) is 0 Å². The Balaban J connectivity index is 1.52. The van der Waals surface area contributed by atoms with E-state index in [0.29, 0.717) is 12.0 Å². The highest BCUT2D eigenvalue weighted by Crippen LogP contribution is 2.48. The van der Waals surface area contributed by atoms with Crippen molar-refractivity contribution < 1.29 is 4.74 Å². The van der Waals surface area contributed by atoms with Gasteiger partial charge < -0.3 is 20.3 Å². The molecule has 5 aliphatic rings. The van der Waals surface area contributed by atoms with Gasteiger partial charge in [-0.05, 0) is 25.7 Å². The smallest absolute Gasteiger partial charge is 0.173 e. The highest BCUT2D eigenvalue weighted by molar-refractivity contribution is 6.01. The predicted octanol–water partition coefficient (Wildman–Crippen LogP) is 1.03. The lowest BCUT2D eigenvalue weighted by atomic mass is 9.78. The first kappa shape index (κ1) is 14.8. The van der Waals surface area contributed by atoms with E-state index in [-0.39, 0.29) is 6.29 Å². The maximum absolute atomic E-state index is 6.34. The van der Waals surface area contributed by atoms with E-state index in [4.69, 9.17) is 15.5 Å². The van der Waals surface area contributed by atoms with Crippen molar-refractivity contribution in [2.45, 2.75) is 50.9 Å². The van der Waals surface area contributed by atoms with E-state index in [2.05, 4.69) is 15.5 Å². The topological polar surface area (TPSA) is 74.9 Å². The van der Waals surface area contributed by atoms with E-state index in [9.17, 15) is 0 Å². The molecule has 130 valence electrons. The maximum atomic E-state index is 6.34. The minimum absolute atomic E-state index is 0.344. The van der Waals surface area contributed by atoms with Gasteiger partial charge in [0.15, 0.2) is 6.29 Å². The van der Waals surface area contributed by atoms with Crippen LogP contribution in [0.25, 0.3) is 0 Å². The van der Waals surface area contributed by atoms with Gasteiger partial charge in [-0.3, -0.25) is 5.73 Å². The quantitative estimate of drug-likeness (QED) is 0.619. The first-order chi connectivity index (χ1) is 11.8. The number of nitrogens with zero attached hydrogens (tertiary/aromatic N) is 2. The molecule has 0 radical (unpaired) electrons. The summed E-state index contributed by atoms with van der Waals surface area (Å²) < 4.78 is 6.34. The number of aliphatic imine (C=N–C) groups is 1. The first-order valence-corrected chi connectivity index (χ1v) is 9.50. The van der Waals surface area contributed by atoms with E-state index >= 15 is 0 Å². The number of piperazine rings is 1. The largest absolute Gasteiger partial charge is 0.494 e. The van der Waals surface area contributed by atoms with Crippen LogP contribution in [-0.2, 0) is 4.74 Å².